The first kappa shape index (κ1) is 21.0. The summed E-state index contributed by atoms with van der Waals surface area (Å²) in [6, 6.07) is 4.26. The fourth-order valence-electron chi connectivity index (χ4n) is 2.99. The van der Waals surface area contributed by atoms with Gasteiger partial charge in [-0.05, 0) is 38.5 Å². The summed E-state index contributed by atoms with van der Waals surface area (Å²) >= 11 is 0. The fraction of sp³-hybridized carbons (Fsp3) is 0.579. The molecule has 7 nitrogen and oxygen atoms in total. The van der Waals surface area contributed by atoms with Gasteiger partial charge in [0.05, 0.1) is 19.7 Å². The SMILES string of the molecule is COc1ccc(C(C)NC(=O)N2CCN(CC(=O)NC(C)C)CC2)cc1F. The number of rotatable bonds is 6. The monoisotopic (exact) mass is 380 g/mol. The van der Waals surface area contributed by atoms with E-state index < -0.39 is 5.82 Å². The average molecular weight is 380 g/mol. The number of piperazine rings is 1. The van der Waals surface area contributed by atoms with Crippen LogP contribution < -0.4 is 15.4 Å². The second-order valence-electron chi connectivity index (χ2n) is 7.05. The lowest BCUT2D eigenvalue weighted by atomic mass is 10.1. The molecule has 0 saturated carbocycles. The Labute approximate surface area is 159 Å². The summed E-state index contributed by atoms with van der Waals surface area (Å²) in [4.78, 5) is 28.0. The van der Waals surface area contributed by atoms with E-state index >= 15 is 0 Å². The molecule has 1 unspecified atom stereocenters. The van der Waals surface area contributed by atoms with Crippen molar-refractivity contribution in [1.29, 1.82) is 0 Å². The van der Waals surface area contributed by atoms with Gasteiger partial charge in [0, 0.05) is 32.2 Å². The molecule has 27 heavy (non-hydrogen) atoms. The standard InChI is InChI=1S/C19H29FN4O3/c1-13(2)21-18(25)12-23-7-9-24(10-8-23)19(26)22-14(3)15-5-6-17(27-4)16(20)11-15/h5-6,11,13-14H,7-10,12H2,1-4H3,(H,21,25)(H,22,26). The largest absolute Gasteiger partial charge is 0.494 e. The van der Waals surface area contributed by atoms with Gasteiger partial charge in [-0.15, -0.1) is 0 Å². The number of carbonyl (C=O) groups excluding carboxylic acids is 2. The van der Waals surface area contributed by atoms with E-state index in [9.17, 15) is 14.0 Å². The zero-order valence-corrected chi connectivity index (χ0v) is 16.4. The van der Waals surface area contributed by atoms with Crippen LogP contribution in [0.5, 0.6) is 5.75 Å². The van der Waals surface area contributed by atoms with Gasteiger partial charge in [-0.1, -0.05) is 6.07 Å². The molecule has 1 fully saturated rings. The lowest BCUT2D eigenvalue weighted by Crippen LogP contribution is -2.53. The first-order valence-corrected chi connectivity index (χ1v) is 9.20. The van der Waals surface area contributed by atoms with Gasteiger partial charge in [0.15, 0.2) is 11.6 Å². The van der Waals surface area contributed by atoms with E-state index in [4.69, 9.17) is 4.74 Å². The molecular formula is C19H29FN4O3. The number of nitrogens with one attached hydrogen (secondary N) is 2. The number of urea groups is 1. The maximum atomic E-state index is 13.8. The first-order chi connectivity index (χ1) is 12.8. The molecule has 2 N–H and O–H groups in total. The summed E-state index contributed by atoms with van der Waals surface area (Å²) in [6.45, 7) is 8.39. The first-order valence-electron chi connectivity index (χ1n) is 9.20. The van der Waals surface area contributed by atoms with Gasteiger partial charge >= 0.3 is 6.03 Å². The third-order valence-electron chi connectivity index (χ3n) is 4.49. The lowest BCUT2D eigenvalue weighted by Gasteiger charge is -2.35. The number of amides is 3. The van der Waals surface area contributed by atoms with E-state index in [0.717, 1.165) is 0 Å². The fourth-order valence-corrected chi connectivity index (χ4v) is 2.99. The molecule has 1 atom stereocenters. The van der Waals surface area contributed by atoms with E-state index in [-0.39, 0.29) is 29.8 Å². The Morgan fingerprint density at radius 1 is 1.15 bits per heavy atom. The minimum absolute atomic E-state index is 0.00180. The Bertz CT molecular complexity index is 660. The molecule has 1 aliphatic heterocycles. The van der Waals surface area contributed by atoms with Crippen LogP contribution in [0.25, 0.3) is 0 Å². The molecule has 0 bridgehead atoms. The predicted molar refractivity (Wildman–Crippen MR) is 101 cm³/mol. The molecule has 0 aliphatic carbocycles. The summed E-state index contributed by atoms with van der Waals surface area (Å²) in [7, 11) is 1.41. The summed E-state index contributed by atoms with van der Waals surface area (Å²) in [5.41, 5.74) is 0.672. The quantitative estimate of drug-likeness (QED) is 0.789. The Hall–Kier alpha value is -2.35. The molecular weight excluding hydrogens is 351 g/mol. The third kappa shape index (κ3) is 6.09. The van der Waals surface area contributed by atoms with Crippen LogP contribution in [0.4, 0.5) is 9.18 Å². The molecule has 0 aromatic heterocycles. The smallest absolute Gasteiger partial charge is 0.317 e. The number of methoxy groups -OCH3 is 1. The van der Waals surface area contributed by atoms with Crippen LogP contribution in [0.15, 0.2) is 18.2 Å². The highest BCUT2D eigenvalue weighted by molar-refractivity contribution is 5.78. The molecule has 1 saturated heterocycles. The van der Waals surface area contributed by atoms with Crippen molar-refractivity contribution in [3.8, 4) is 5.75 Å². The maximum absolute atomic E-state index is 13.8. The number of carbonyl (C=O) groups is 2. The van der Waals surface area contributed by atoms with Crippen molar-refractivity contribution in [1.82, 2.24) is 20.4 Å². The number of hydrogen-bond donors (Lipinski definition) is 2. The molecule has 3 amide bonds. The van der Waals surface area contributed by atoms with Crippen LogP contribution in [-0.2, 0) is 4.79 Å². The second-order valence-corrected chi connectivity index (χ2v) is 7.05. The van der Waals surface area contributed by atoms with E-state index in [2.05, 4.69) is 10.6 Å². The molecule has 1 aliphatic rings. The Morgan fingerprint density at radius 3 is 2.37 bits per heavy atom. The topological polar surface area (TPSA) is 73.9 Å². The highest BCUT2D eigenvalue weighted by Gasteiger charge is 2.23. The summed E-state index contributed by atoms with van der Waals surface area (Å²) < 4.78 is 18.8. The van der Waals surface area contributed by atoms with Gasteiger partial charge in [-0.3, -0.25) is 9.69 Å². The molecule has 0 radical (unpaired) electrons. The lowest BCUT2D eigenvalue weighted by molar-refractivity contribution is -0.123. The van der Waals surface area contributed by atoms with Gasteiger partial charge in [-0.25, -0.2) is 9.18 Å². The van der Waals surface area contributed by atoms with Crippen LogP contribution in [0.3, 0.4) is 0 Å². The number of halogens is 1. The van der Waals surface area contributed by atoms with E-state index in [1.54, 1.807) is 17.0 Å². The molecule has 1 aromatic rings. The normalized spacial score (nSPS) is 16.1. The van der Waals surface area contributed by atoms with Gasteiger partial charge in [-0.2, -0.15) is 0 Å². The predicted octanol–water partition coefficient (Wildman–Crippen LogP) is 1.75. The van der Waals surface area contributed by atoms with Gasteiger partial charge in [0.25, 0.3) is 0 Å². The molecule has 1 heterocycles. The second kappa shape index (κ2) is 9.55. The van der Waals surface area contributed by atoms with Crippen LogP contribution in [-0.4, -0.2) is 67.6 Å². The van der Waals surface area contributed by atoms with Crippen molar-refractivity contribution < 1.29 is 18.7 Å². The van der Waals surface area contributed by atoms with E-state index in [1.807, 2.05) is 25.7 Å². The number of benzene rings is 1. The van der Waals surface area contributed by atoms with Crippen LogP contribution in [0.1, 0.15) is 32.4 Å². The number of hydrogen-bond acceptors (Lipinski definition) is 4. The highest BCUT2D eigenvalue weighted by atomic mass is 19.1. The van der Waals surface area contributed by atoms with Gasteiger partial charge < -0.3 is 20.3 Å². The Morgan fingerprint density at radius 2 is 1.81 bits per heavy atom. The molecule has 150 valence electrons. The summed E-state index contributed by atoms with van der Waals surface area (Å²) in [5, 5.41) is 5.76. The third-order valence-corrected chi connectivity index (χ3v) is 4.49. The maximum Gasteiger partial charge on any atom is 0.317 e. The summed E-state index contributed by atoms with van der Waals surface area (Å²) in [5.74, 6) is -0.280. The Balaban J connectivity index is 1.82. The molecule has 2 rings (SSSR count). The van der Waals surface area contributed by atoms with Crippen molar-refractivity contribution in [2.75, 3.05) is 39.8 Å². The van der Waals surface area contributed by atoms with Crippen LogP contribution in [0.2, 0.25) is 0 Å². The van der Waals surface area contributed by atoms with Gasteiger partial charge in [0.1, 0.15) is 0 Å². The van der Waals surface area contributed by atoms with E-state index in [0.29, 0.717) is 38.3 Å². The minimum atomic E-state index is -0.454. The zero-order valence-electron chi connectivity index (χ0n) is 16.4. The van der Waals surface area contributed by atoms with Crippen LogP contribution >= 0.6 is 0 Å². The zero-order chi connectivity index (χ0) is 20.0. The average Bonchev–Trinajstić information content (AvgIpc) is 2.61. The van der Waals surface area contributed by atoms with Crippen molar-refractivity contribution >= 4 is 11.9 Å². The molecule has 1 aromatic carbocycles. The van der Waals surface area contributed by atoms with Crippen molar-refractivity contribution in [3.63, 3.8) is 0 Å². The minimum Gasteiger partial charge on any atom is -0.494 e. The van der Waals surface area contributed by atoms with Crippen molar-refractivity contribution in [2.24, 2.45) is 0 Å². The molecule has 0 spiro atoms. The van der Waals surface area contributed by atoms with E-state index in [1.165, 1.54) is 13.2 Å². The number of ether oxygens (including phenoxy) is 1. The highest BCUT2D eigenvalue weighted by Crippen LogP contribution is 2.21. The van der Waals surface area contributed by atoms with Crippen molar-refractivity contribution in [2.45, 2.75) is 32.9 Å². The van der Waals surface area contributed by atoms with Crippen molar-refractivity contribution in [3.05, 3.63) is 29.6 Å². The molecule has 8 heteroatoms. The van der Waals surface area contributed by atoms with Gasteiger partial charge in [0.2, 0.25) is 5.91 Å². The van der Waals surface area contributed by atoms with Crippen LogP contribution in [0, 0.1) is 5.82 Å². The number of nitrogens with zero attached hydrogens (tertiary/aromatic N) is 2. The Kier molecular flexibility index (Phi) is 7.41. The summed E-state index contributed by atoms with van der Waals surface area (Å²) in [6.07, 6.45) is 0.